The van der Waals surface area contributed by atoms with Crippen molar-refractivity contribution in [3.05, 3.63) is 46.6 Å². The van der Waals surface area contributed by atoms with E-state index in [0.717, 1.165) is 16.5 Å². The standard InChI is InChI=1S/C15H18BrN3O2/c1-2-9-21-11-15(20)18-14-7-8-17-19(14)10-12-3-5-13(16)6-4-12/h3-8H,2,9-11H2,1H3,(H,18,20). The molecule has 2 rings (SSSR count). The minimum Gasteiger partial charge on any atom is -0.372 e. The van der Waals surface area contributed by atoms with Crippen LogP contribution in [0.15, 0.2) is 41.0 Å². The van der Waals surface area contributed by atoms with Crippen molar-refractivity contribution in [1.29, 1.82) is 0 Å². The van der Waals surface area contributed by atoms with Crippen molar-refractivity contribution in [2.24, 2.45) is 0 Å². The van der Waals surface area contributed by atoms with Crippen LogP contribution in [0.2, 0.25) is 0 Å². The first-order chi connectivity index (χ1) is 10.2. The lowest BCUT2D eigenvalue weighted by Crippen LogP contribution is -2.21. The Morgan fingerprint density at radius 2 is 2.10 bits per heavy atom. The average Bonchev–Trinajstić information content (AvgIpc) is 2.89. The number of nitrogens with zero attached hydrogens (tertiary/aromatic N) is 2. The molecule has 1 amide bonds. The third-order valence-corrected chi connectivity index (χ3v) is 3.34. The number of ether oxygens (including phenoxy) is 1. The van der Waals surface area contributed by atoms with Crippen LogP contribution in [-0.2, 0) is 16.1 Å². The molecular weight excluding hydrogens is 334 g/mol. The zero-order valence-electron chi connectivity index (χ0n) is 11.9. The van der Waals surface area contributed by atoms with Crippen molar-refractivity contribution >= 4 is 27.7 Å². The fourth-order valence-corrected chi connectivity index (χ4v) is 2.08. The van der Waals surface area contributed by atoms with Crippen LogP contribution in [0.25, 0.3) is 0 Å². The van der Waals surface area contributed by atoms with E-state index in [9.17, 15) is 4.79 Å². The summed E-state index contributed by atoms with van der Waals surface area (Å²) in [5, 5.41) is 7.04. The van der Waals surface area contributed by atoms with Gasteiger partial charge in [-0.15, -0.1) is 0 Å². The Labute approximate surface area is 132 Å². The summed E-state index contributed by atoms with van der Waals surface area (Å²) in [7, 11) is 0. The number of halogens is 1. The molecule has 0 radical (unpaired) electrons. The van der Waals surface area contributed by atoms with Gasteiger partial charge in [-0.25, -0.2) is 4.68 Å². The molecule has 1 aromatic heterocycles. The lowest BCUT2D eigenvalue weighted by molar-refractivity contribution is -0.120. The molecule has 0 aliphatic carbocycles. The summed E-state index contributed by atoms with van der Waals surface area (Å²) in [5.74, 6) is 0.504. The fraction of sp³-hybridized carbons (Fsp3) is 0.333. The number of amides is 1. The highest BCUT2D eigenvalue weighted by Crippen LogP contribution is 2.14. The van der Waals surface area contributed by atoms with E-state index in [0.29, 0.717) is 19.0 Å². The molecule has 1 N–H and O–H groups in total. The molecule has 0 spiro atoms. The number of anilines is 1. The summed E-state index contributed by atoms with van der Waals surface area (Å²) in [6, 6.07) is 9.77. The van der Waals surface area contributed by atoms with Crippen LogP contribution in [0.5, 0.6) is 0 Å². The third-order valence-electron chi connectivity index (χ3n) is 2.81. The topological polar surface area (TPSA) is 56.1 Å². The number of benzene rings is 1. The Bertz CT molecular complexity index is 581. The van der Waals surface area contributed by atoms with Crippen molar-refractivity contribution in [3.8, 4) is 0 Å². The molecule has 1 aromatic carbocycles. The van der Waals surface area contributed by atoms with Crippen molar-refractivity contribution in [2.45, 2.75) is 19.9 Å². The molecule has 112 valence electrons. The highest BCUT2D eigenvalue weighted by molar-refractivity contribution is 9.10. The Hall–Kier alpha value is -1.66. The van der Waals surface area contributed by atoms with E-state index in [1.54, 1.807) is 16.9 Å². The number of carbonyl (C=O) groups is 1. The lowest BCUT2D eigenvalue weighted by Gasteiger charge is -2.09. The van der Waals surface area contributed by atoms with Crippen LogP contribution >= 0.6 is 15.9 Å². The molecule has 0 fully saturated rings. The van der Waals surface area contributed by atoms with Crippen LogP contribution in [-0.4, -0.2) is 28.9 Å². The maximum absolute atomic E-state index is 11.8. The summed E-state index contributed by atoms with van der Waals surface area (Å²) >= 11 is 3.41. The Kier molecular flexibility index (Phi) is 5.95. The number of carbonyl (C=O) groups excluding carboxylic acids is 1. The van der Waals surface area contributed by atoms with E-state index < -0.39 is 0 Å². The molecule has 0 bridgehead atoms. The van der Waals surface area contributed by atoms with Crippen LogP contribution < -0.4 is 5.32 Å². The normalized spacial score (nSPS) is 10.6. The second-order valence-electron chi connectivity index (χ2n) is 4.60. The fourth-order valence-electron chi connectivity index (χ4n) is 1.82. The molecule has 5 nitrogen and oxygen atoms in total. The molecule has 0 aliphatic heterocycles. The zero-order valence-corrected chi connectivity index (χ0v) is 13.5. The van der Waals surface area contributed by atoms with Gasteiger partial charge in [0.25, 0.3) is 5.91 Å². The molecule has 21 heavy (non-hydrogen) atoms. The number of hydrogen-bond acceptors (Lipinski definition) is 3. The Morgan fingerprint density at radius 1 is 1.33 bits per heavy atom. The zero-order chi connectivity index (χ0) is 15.1. The summed E-state index contributed by atoms with van der Waals surface area (Å²) < 4.78 is 8.00. The number of rotatable bonds is 7. The molecule has 1 heterocycles. The van der Waals surface area contributed by atoms with Gasteiger partial charge in [-0.05, 0) is 24.1 Å². The summed E-state index contributed by atoms with van der Waals surface area (Å²) in [6.45, 7) is 3.26. The molecule has 0 aliphatic rings. The largest absolute Gasteiger partial charge is 0.372 e. The quantitative estimate of drug-likeness (QED) is 0.780. The molecular formula is C15H18BrN3O2. The van der Waals surface area contributed by atoms with E-state index in [-0.39, 0.29) is 12.5 Å². The van der Waals surface area contributed by atoms with Crippen molar-refractivity contribution in [3.63, 3.8) is 0 Å². The van der Waals surface area contributed by atoms with Gasteiger partial charge >= 0.3 is 0 Å². The highest BCUT2D eigenvalue weighted by atomic mass is 79.9. The Morgan fingerprint density at radius 3 is 2.81 bits per heavy atom. The first-order valence-corrected chi connectivity index (χ1v) is 7.62. The van der Waals surface area contributed by atoms with Gasteiger partial charge in [0.15, 0.2) is 0 Å². The van der Waals surface area contributed by atoms with Crippen LogP contribution in [0.4, 0.5) is 5.82 Å². The number of hydrogen-bond donors (Lipinski definition) is 1. The van der Waals surface area contributed by atoms with Gasteiger partial charge < -0.3 is 10.1 Å². The third kappa shape index (κ3) is 4.99. The van der Waals surface area contributed by atoms with Gasteiger partial charge in [0.1, 0.15) is 12.4 Å². The first-order valence-electron chi connectivity index (χ1n) is 6.83. The van der Waals surface area contributed by atoms with Gasteiger partial charge in [-0.1, -0.05) is 35.0 Å². The summed E-state index contributed by atoms with van der Waals surface area (Å²) in [5.41, 5.74) is 1.11. The second kappa shape index (κ2) is 7.95. The smallest absolute Gasteiger partial charge is 0.251 e. The van der Waals surface area contributed by atoms with Gasteiger partial charge in [0, 0.05) is 17.1 Å². The maximum Gasteiger partial charge on any atom is 0.251 e. The van der Waals surface area contributed by atoms with Gasteiger partial charge in [0.05, 0.1) is 12.7 Å². The van der Waals surface area contributed by atoms with E-state index >= 15 is 0 Å². The maximum atomic E-state index is 11.8. The predicted octanol–water partition coefficient (Wildman–Crippen LogP) is 3.06. The lowest BCUT2D eigenvalue weighted by atomic mass is 10.2. The average molecular weight is 352 g/mol. The van der Waals surface area contributed by atoms with E-state index in [1.165, 1.54) is 0 Å². The monoisotopic (exact) mass is 351 g/mol. The Balaban J connectivity index is 1.95. The van der Waals surface area contributed by atoms with Crippen molar-refractivity contribution in [2.75, 3.05) is 18.5 Å². The van der Waals surface area contributed by atoms with Crippen LogP contribution in [0.3, 0.4) is 0 Å². The second-order valence-corrected chi connectivity index (χ2v) is 5.52. The van der Waals surface area contributed by atoms with Crippen LogP contribution in [0.1, 0.15) is 18.9 Å². The number of nitrogens with one attached hydrogen (secondary N) is 1. The van der Waals surface area contributed by atoms with E-state index in [1.807, 2.05) is 31.2 Å². The molecule has 2 aromatic rings. The van der Waals surface area contributed by atoms with Crippen molar-refractivity contribution < 1.29 is 9.53 Å². The van der Waals surface area contributed by atoms with E-state index in [4.69, 9.17) is 4.74 Å². The highest BCUT2D eigenvalue weighted by Gasteiger charge is 2.07. The predicted molar refractivity (Wildman–Crippen MR) is 85.2 cm³/mol. The molecule has 6 heteroatoms. The van der Waals surface area contributed by atoms with E-state index in [2.05, 4.69) is 26.3 Å². The van der Waals surface area contributed by atoms with Gasteiger partial charge in [-0.2, -0.15) is 5.10 Å². The van der Waals surface area contributed by atoms with Crippen LogP contribution in [0, 0.1) is 0 Å². The number of aromatic nitrogens is 2. The van der Waals surface area contributed by atoms with Gasteiger partial charge in [0.2, 0.25) is 0 Å². The summed E-state index contributed by atoms with van der Waals surface area (Å²) in [6.07, 6.45) is 2.57. The summed E-state index contributed by atoms with van der Waals surface area (Å²) in [4.78, 5) is 11.8. The minimum absolute atomic E-state index is 0.0668. The SMILES string of the molecule is CCCOCC(=O)Nc1ccnn1Cc1ccc(Br)cc1. The molecule has 0 unspecified atom stereocenters. The first kappa shape index (κ1) is 15.7. The van der Waals surface area contributed by atoms with Gasteiger partial charge in [-0.3, -0.25) is 4.79 Å². The molecule has 0 saturated heterocycles. The molecule has 0 atom stereocenters. The minimum atomic E-state index is -0.166. The molecule has 0 saturated carbocycles. The van der Waals surface area contributed by atoms with Crippen molar-refractivity contribution in [1.82, 2.24) is 9.78 Å².